The minimum absolute atomic E-state index is 0.0508. The lowest BCUT2D eigenvalue weighted by atomic mass is 10.2. The molecule has 0 saturated carbocycles. The van der Waals surface area contributed by atoms with Crippen molar-refractivity contribution in [1.82, 2.24) is 0 Å². The molecule has 2 aromatic rings. The van der Waals surface area contributed by atoms with Crippen LogP contribution in [0.3, 0.4) is 0 Å². The SMILES string of the molecule is C[NH+](CC(=O)N1CC(=O)Nc2ccccc21)Cc1ccccc1Cl. The third-order valence-corrected chi connectivity index (χ3v) is 4.34. The van der Waals surface area contributed by atoms with Gasteiger partial charge in [-0.25, -0.2) is 0 Å². The highest BCUT2D eigenvalue weighted by Gasteiger charge is 2.28. The Bertz CT molecular complexity index is 778. The van der Waals surface area contributed by atoms with Gasteiger partial charge in [0.15, 0.2) is 6.54 Å². The third kappa shape index (κ3) is 3.58. The van der Waals surface area contributed by atoms with Crippen LogP contribution < -0.4 is 15.1 Å². The van der Waals surface area contributed by atoms with Gasteiger partial charge in [0.05, 0.1) is 18.4 Å². The van der Waals surface area contributed by atoms with Gasteiger partial charge in [-0.05, 0) is 18.2 Å². The smallest absolute Gasteiger partial charge is 0.282 e. The average molecular weight is 345 g/mol. The first-order chi connectivity index (χ1) is 11.5. The van der Waals surface area contributed by atoms with Gasteiger partial charge in [-0.2, -0.15) is 0 Å². The molecule has 6 heteroatoms. The van der Waals surface area contributed by atoms with Crippen molar-refractivity contribution >= 4 is 34.8 Å². The van der Waals surface area contributed by atoms with Crippen molar-refractivity contribution in [2.24, 2.45) is 0 Å². The lowest BCUT2D eigenvalue weighted by molar-refractivity contribution is -0.885. The summed E-state index contributed by atoms with van der Waals surface area (Å²) >= 11 is 6.18. The molecule has 1 atom stereocenters. The van der Waals surface area contributed by atoms with Crippen molar-refractivity contribution in [2.75, 3.05) is 30.4 Å². The predicted molar refractivity (Wildman–Crippen MR) is 94.3 cm³/mol. The summed E-state index contributed by atoms with van der Waals surface area (Å²) in [6, 6.07) is 15.0. The van der Waals surface area contributed by atoms with E-state index in [-0.39, 0.29) is 24.9 Å². The van der Waals surface area contributed by atoms with E-state index in [1.165, 1.54) is 0 Å². The van der Waals surface area contributed by atoms with Crippen LogP contribution in [-0.2, 0) is 16.1 Å². The van der Waals surface area contributed by atoms with Crippen molar-refractivity contribution in [2.45, 2.75) is 6.54 Å². The summed E-state index contributed by atoms with van der Waals surface area (Å²) < 4.78 is 0. The maximum atomic E-state index is 12.7. The van der Waals surface area contributed by atoms with E-state index >= 15 is 0 Å². The van der Waals surface area contributed by atoms with Crippen LogP contribution in [-0.4, -0.2) is 32.0 Å². The van der Waals surface area contributed by atoms with Crippen LogP contribution in [0, 0.1) is 0 Å². The second kappa shape index (κ2) is 7.03. The number of quaternary nitrogens is 1. The van der Waals surface area contributed by atoms with Gasteiger partial charge in [0.25, 0.3) is 5.91 Å². The van der Waals surface area contributed by atoms with Crippen LogP contribution in [0.4, 0.5) is 11.4 Å². The van der Waals surface area contributed by atoms with Crippen LogP contribution in [0.5, 0.6) is 0 Å². The lowest BCUT2D eigenvalue weighted by Gasteiger charge is -2.29. The molecule has 124 valence electrons. The summed E-state index contributed by atoms with van der Waals surface area (Å²) in [5.74, 6) is -0.257. The van der Waals surface area contributed by atoms with Gasteiger partial charge in [0, 0.05) is 10.6 Å². The Kier molecular flexibility index (Phi) is 4.83. The molecule has 5 nitrogen and oxygen atoms in total. The van der Waals surface area contributed by atoms with Crippen LogP contribution in [0.15, 0.2) is 48.5 Å². The number of halogens is 1. The number of benzene rings is 2. The van der Waals surface area contributed by atoms with E-state index in [1.807, 2.05) is 49.5 Å². The van der Waals surface area contributed by atoms with Gasteiger partial charge in [0.2, 0.25) is 5.91 Å². The molecule has 3 rings (SSSR count). The van der Waals surface area contributed by atoms with Crippen molar-refractivity contribution in [3.63, 3.8) is 0 Å². The quantitative estimate of drug-likeness (QED) is 0.879. The zero-order valence-corrected chi connectivity index (χ0v) is 14.1. The van der Waals surface area contributed by atoms with Gasteiger partial charge in [0.1, 0.15) is 13.1 Å². The van der Waals surface area contributed by atoms with E-state index in [2.05, 4.69) is 5.32 Å². The molecule has 2 N–H and O–H groups in total. The molecule has 0 radical (unpaired) electrons. The minimum Gasteiger partial charge on any atom is -0.326 e. The highest BCUT2D eigenvalue weighted by atomic mass is 35.5. The number of nitrogens with zero attached hydrogens (tertiary/aromatic N) is 1. The maximum absolute atomic E-state index is 12.7. The third-order valence-electron chi connectivity index (χ3n) is 3.97. The summed E-state index contributed by atoms with van der Waals surface area (Å²) in [7, 11) is 1.94. The van der Waals surface area contributed by atoms with Crippen molar-refractivity contribution < 1.29 is 14.5 Å². The molecule has 1 unspecified atom stereocenters. The first-order valence-corrected chi connectivity index (χ1v) is 8.16. The first-order valence-electron chi connectivity index (χ1n) is 7.78. The molecule has 1 heterocycles. The molecule has 2 aromatic carbocycles. The molecule has 1 aliphatic rings. The number of nitrogens with one attached hydrogen (secondary N) is 2. The molecule has 0 saturated heterocycles. The van der Waals surface area contributed by atoms with E-state index in [9.17, 15) is 9.59 Å². The summed E-state index contributed by atoms with van der Waals surface area (Å²) in [6.45, 7) is 0.981. The van der Waals surface area contributed by atoms with E-state index in [1.54, 1.807) is 11.0 Å². The van der Waals surface area contributed by atoms with Gasteiger partial charge in [-0.3, -0.25) is 14.5 Å². The molecule has 1 aliphatic heterocycles. The van der Waals surface area contributed by atoms with Gasteiger partial charge in [-0.15, -0.1) is 0 Å². The predicted octanol–water partition coefficient (Wildman–Crippen LogP) is 1.34. The normalized spacial score (nSPS) is 14.8. The number of anilines is 2. The van der Waals surface area contributed by atoms with Crippen molar-refractivity contribution in [1.29, 1.82) is 0 Å². The molecule has 2 amide bonds. The minimum atomic E-state index is -0.175. The number of amides is 2. The first kappa shape index (κ1) is 16.5. The Morgan fingerprint density at radius 1 is 1.21 bits per heavy atom. The zero-order chi connectivity index (χ0) is 17.1. The van der Waals surface area contributed by atoms with Crippen molar-refractivity contribution in [3.05, 3.63) is 59.1 Å². The summed E-state index contributed by atoms with van der Waals surface area (Å²) in [4.78, 5) is 27.1. The zero-order valence-electron chi connectivity index (χ0n) is 13.4. The number of hydrogen-bond acceptors (Lipinski definition) is 2. The van der Waals surface area contributed by atoms with Gasteiger partial charge in [-0.1, -0.05) is 41.9 Å². The summed E-state index contributed by atoms with van der Waals surface area (Å²) in [6.07, 6.45) is 0. The molecule has 0 aromatic heterocycles. The molecular weight excluding hydrogens is 326 g/mol. The fourth-order valence-corrected chi connectivity index (χ4v) is 3.04. The van der Waals surface area contributed by atoms with Crippen LogP contribution >= 0.6 is 11.6 Å². The van der Waals surface area contributed by atoms with E-state index in [0.717, 1.165) is 16.2 Å². The molecule has 0 fully saturated rings. The number of para-hydroxylation sites is 2. The Morgan fingerprint density at radius 3 is 2.71 bits per heavy atom. The van der Waals surface area contributed by atoms with E-state index in [0.29, 0.717) is 17.3 Å². The summed E-state index contributed by atoms with van der Waals surface area (Å²) in [5, 5.41) is 3.49. The molecule has 0 aliphatic carbocycles. The standard InChI is InChI=1S/C18H18ClN3O2/c1-21(10-13-6-2-3-7-14(13)19)12-18(24)22-11-17(23)20-15-8-4-5-9-16(15)22/h2-9H,10-12H2,1H3,(H,20,23)/p+1. The van der Waals surface area contributed by atoms with E-state index < -0.39 is 0 Å². The monoisotopic (exact) mass is 344 g/mol. The Hall–Kier alpha value is -2.37. The molecule has 0 spiro atoms. The second-order valence-corrected chi connectivity index (χ2v) is 6.35. The molecule has 0 bridgehead atoms. The van der Waals surface area contributed by atoms with Gasteiger partial charge < -0.3 is 10.2 Å². The fraction of sp³-hybridized carbons (Fsp3) is 0.222. The number of carbonyl (C=O) groups excluding carboxylic acids is 2. The summed E-state index contributed by atoms with van der Waals surface area (Å²) in [5.41, 5.74) is 2.42. The number of hydrogen-bond donors (Lipinski definition) is 2. The Balaban J connectivity index is 1.71. The Morgan fingerprint density at radius 2 is 1.92 bits per heavy atom. The number of carbonyl (C=O) groups is 2. The fourth-order valence-electron chi connectivity index (χ4n) is 2.84. The maximum Gasteiger partial charge on any atom is 0.282 e. The van der Waals surface area contributed by atoms with E-state index in [4.69, 9.17) is 11.6 Å². The topological polar surface area (TPSA) is 53.9 Å². The lowest BCUT2D eigenvalue weighted by Crippen LogP contribution is -3.09. The van der Waals surface area contributed by atoms with Crippen molar-refractivity contribution in [3.8, 4) is 0 Å². The second-order valence-electron chi connectivity index (χ2n) is 5.95. The number of rotatable bonds is 4. The highest BCUT2D eigenvalue weighted by molar-refractivity contribution is 6.31. The van der Waals surface area contributed by atoms with Crippen LogP contribution in [0.2, 0.25) is 5.02 Å². The number of likely N-dealkylation sites (N-methyl/N-ethyl adjacent to an activating group) is 1. The van der Waals surface area contributed by atoms with Crippen LogP contribution in [0.1, 0.15) is 5.56 Å². The average Bonchev–Trinajstić information content (AvgIpc) is 2.56. The van der Waals surface area contributed by atoms with Crippen LogP contribution in [0.25, 0.3) is 0 Å². The Labute approximate surface area is 145 Å². The largest absolute Gasteiger partial charge is 0.326 e. The molecule has 24 heavy (non-hydrogen) atoms. The molecular formula is C18H19ClN3O2+. The van der Waals surface area contributed by atoms with Gasteiger partial charge >= 0.3 is 0 Å². The number of fused-ring (bicyclic) bond motifs is 1. The highest BCUT2D eigenvalue weighted by Crippen LogP contribution is 2.28.